The van der Waals surface area contributed by atoms with Gasteiger partial charge in [0.05, 0.1) is 17.6 Å². The largest absolute Gasteiger partial charge is 0.387 e. The molecule has 1 saturated carbocycles. The van der Waals surface area contributed by atoms with Gasteiger partial charge in [0.2, 0.25) is 0 Å². The molecule has 20 heavy (non-hydrogen) atoms. The summed E-state index contributed by atoms with van der Waals surface area (Å²) in [5, 5.41) is 21.0. The van der Waals surface area contributed by atoms with E-state index in [4.69, 9.17) is 11.6 Å². The Morgan fingerprint density at radius 1 is 1.25 bits per heavy atom. The average Bonchev–Trinajstić information content (AvgIpc) is 2.42. The third kappa shape index (κ3) is 2.85. The zero-order valence-electron chi connectivity index (χ0n) is 12.4. The maximum absolute atomic E-state index is 10.7. The first kappa shape index (κ1) is 15.4. The highest BCUT2D eigenvalue weighted by atomic mass is 35.5. The van der Waals surface area contributed by atoms with E-state index in [-0.39, 0.29) is 5.41 Å². The molecule has 0 aromatic heterocycles. The van der Waals surface area contributed by atoms with E-state index >= 15 is 0 Å². The normalized spacial score (nSPS) is 22.0. The highest BCUT2D eigenvalue weighted by molar-refractivity contribution is 6.31. The summed E-state index contributed by atoms with van der Waals surface area (Å²) in [7, 11) is 0. The molecule has 1 aliphatic rings. The lowest BCUT2D eigenvalue weighted by atomic mass is 9.62. The van der Waals surface area contributed by atoms with Gasteiger partial charge in [0.15, 0.2) is 0 Å². The van der Waals surface area contributed by atoms with Gasteiger partial charge in [-0.1, -0.05) is 37.6 Å². The lowest BCUT2D eigenvalue weighted by Crippen LogP contribution is -2.35. The summed E-state index contributed by atoms with van der Waals surface area (Å²) in [6.07, 6.45) is 2.66. The predicted octanol–water partition coefficient (Wildman–Crippen LogP) is 4.79. The molecule has 0 bridgehead atoms. The van der Waals surface area contributed by atoms with E-state index in [1.165, 1.54) is 0 Å². The summed E-state index contributed by atoms with van der Waals surface area (Å²) in [6, 6.07) is 7.97. The predicted molar refractivity (Wildman–Crippen MR) is 81.4 cm³/mol. The van der Waals surface area contributed by atoms with Gasteiger partial charge in [-0.2, -0.15) is 5.26 Å². The smallest absolute Gasteiger partial charge is 0.0976 e. The van der Waals surface area contributed by atoms with Crippen LogP contribution in [0.15, 0.2) is 18.2 Å². The Hall–Kier alpha value is -1.04. The molecule has 0 heterocycles. The van der Waals surface area contributed by atoms with Crippen molar-refractivity contribution in [3.05, 3.63) is 34.3 Å². The van der Waals surface area contributed by atoms with Crippen LogP contribution in [0.1, 0.15) is 56.8 Å². The summed E-state index contributed by atoms with van der Waals surface area (Å²) in [5.41, 5.74) is 1.33. The van der Waals surface area contributed by atoms with Gasteiger partial charge in [-0.15, -0.1) is 0 Å². The van der Waals surface area contributed by atoms with Crippen molar-refractivity contribution in [3.8, 4) is 6.07 Å². The number of nitriles is 1. The Morgan fingerprint density at radius 2 is 1.85 bits per heavy atom. The molecule has 0 saturated heterocycles. The molecule has 1 N–H and O–H groups in total. The second-order valence-corrected chi connectivity index (χ2v) is 7.25. The molecule has 0 radical (unpaired) electrons. The van der Waals surface area contributed by atoms with Crippen LogP contribution in [0, 0.1) is 29.1 Å². The molecule has 1 aliphatic carbocycles. The maximum atomic E-state index is 10.7. The minimum Gasteiger partial charge on any atom is -0.387 e. The lowest BCUT2D eigenvalue weighted by Gasteiger charge is -2.42. The van der Waals surface area contributed by atoms with Gasteiger partial charge in [-0.25, -0.2) is 0 Å². The van der Waals surface area contributed by atoms with Crippen LogP contribution >= 0.6 is 11.6 Å². The van der Waals surface area contributed by atoms with Crippen LogP contribution in [0.2, 0.25) is 5.02 Å². The van der Waals surface area contributed by atoms with Gasteiger partial charge in [0.1, 0.15) is 0 Å². The van der Waals surface area contributed by atoms with Gasteiger partial charge in [0.25, 0.3) is 0 Å². The first-order valence-corrected chi connectivity index (χ1v) is 7.53. The lowest BCUT2D eigenvalue weighted by molar-refractivity contribution is 0.00955. The van der Waals surface area contributed by atoms with E-state index in [0.717, 1.165) is 36.8 Å². The van der Waals surface area contributed by atoms with Crippen molar-refractivity contribution >= 4 is 11.6 Å². The fourth-order valence-corrected chi connectivity index (χ4v) is 3.11. The molecule has 1 aromatic rings. The molecule has 3 heteroatoms. The summed E-state index contributed by atoms with van der Waals surface area (Å²) >= 11 is 6.14. The molecule has 1 aromatic carbocycles. The Kier molecular flexibility index (Phi) is 4.14. The van der Waals surface area contributed by atoms with E-state index in [1.54, 1.807) is 6.07 Å². The summed E-state index contributed by atoms with van der Waals surface area (Å²) < 4.78 is 0. The molecule has 0 spiro atoms. The van der Waals surface area contributed by atoms with Crippen molar-refractivity contribution in [2.45, 2.75) is 52.6 Å². The van der Waals surface area contributed by atoms with Gasteiger partial charge in [-0.3, -0.25) is 0 Å². The average molecular weight is 292 g/mol. The Balaban J connectivity index is 2.28. The minimum absolute atomic E-state index is 0.269. The van der Waals surface area contributed by atoms with Crippen molar-refractivity contribution in [2.75, 3.05) is 0 Å². The van der Waals surface area contributed by atoms with E-state index in [1.807, 2.05) is 19.1 Å². The Bertz CT molecular complexity index is 534. The monoisotopic (exact) mass is 291 g/mol. The number of rotatable bonds is 2. The van der Waals surface area contributed by atoms with Crippen molar-refractivity contribution in [2.24, 2.45) is 10.8 Å². The minimum atomic E-state index is -0.762. The number of benzene rings is 1. The van der Waals surface area contributed by atoms with Crippen LogP contribution in [0.25, 0.3) is 0 Å². The van der Waals surface area contributed by atoms with Crippen LogP contribution in [0.3, 0.4) is 0 Å². The van der Waals surface area contributed by atoms with Crippen LogP contribution in [-0.2, 0) is 0 Å². The van der Waals surface area contributed by atoms with Gasteiger partial charge in [-0.05, 0) is 55.2 Å². The number of hydrogen-bond donors (Lipinski definition) is 1. The van der Waals surface area contributed by atoms with E-state index in [0.29, 0.717) is 5.02 Å². The zero-order chi connectivity index (χ0) is 15.0. The van der Waals surface area contributed by atoms with E-state index in [9.17, 15) is 10.4 Å². The first-order chi connectivity index (χ1) is 9.30. The number of hydrogen-bond acceptors (Lipinski definition) is 2. The molecular formula is C17H22ClNO. The SMILES string of the molecule is Cc1ccc(C(O)C2(C#N)CCC(C)(C)CC2)cc1Cl. The van der Waals surface area contributed by atoms with Gasteiger partial charge >= 0.3 is 0 Å². The molecule has 108 valence electrons. The fourth-order valence-electron chi connectivity index (χ4n) is 2.92. The number of aryl methyl sites for hydroxylation is 1. The molecular weight excluding hydrogens is 270 g/mol. The van der Waals surface area contributed by atoms with E-state index in [2.05, 4.69) is 19.9 Å². The van der Waals surface area contributed by atoms with Crippen molar-refractivity contribution < 1.29 is 5.11 Å². The third-order valence-corrected chi connectivity index (χ3v) is 5.16. The molecule has 0 amide bonds. The standard InChI is InChI=1S/C17H22ClNO/c1-12-4-5-13(10-14(12)18)15(20)17(11-19)8-6-16(2,3)7-9-17/h4-5,10,15,20H,6-9H2,1-3H3. The van der Waals surface area contributed by atoms with Crippen LogP contribution in [0.5, 0.6) is 0 Å². The summed E-state index contributed by atoms with van der Waals surface area (Å²) in [5.74, 6) is 0. The first-order valence-electron chi connectivity index (χ1n) is 7.15. The van der Waals surface area contributed by atoms with Gasteiger partial charge < -0.3 is 5.11 Å². The van der Waals surface area contributed by atoms with Crippen LogP contribution < -0.4 is 0 Å². The van der Waals surface area contributed by atoms with Crippen molar-refractivity contribution in [1.29, 1.82) is 5.26 Å². The summed E-state index contributed by atoms with van der Waals surface area (Å²) in [4.78, 5) is 0. The van der Waals surface area contributed by atoms with Crippen LogP contribution in [0.4, 0.5) is 0 Å². The second kappa shape index (κ2) is 5.39. The van der Waals surface area contributed by atoms with Crippen LogP contribution in [-0.4, -0.2) is 5.11 Å². The number of nitrogens with zero attached hydrogens (tertiary/aromatic N) is 1. The number of aliphatic hydroxyl groups excluding tert-OH is 1. The summed E-state index contributed by atoms with van der Waals surface area (Å²) in [6.45, 7) is 6.38. The Morgan fingerprint density at radius 3 is 2.35 bits per heavy atom. The highest BCUT2D eigenvalue weighted by Gasteiger charge is 2.44. The number of halogens is 1. The van der Waals surface area contributed by atoms with Crippen molar-refractivity contribution in [3.63, 3.8) is 0 Å². The molecule has 2 rings (SSSR count). The molecule has 1 atom stereocenters. The molecule has 0 aliphatic heterocycles. The maximum Gasteiger partial charge on any atom is 0.0976 e. The molecule has 2 nitrogen and oxygen atoms in total. The second-order valence-electron chi connectivity index (χ2n) is 6.84. The highest BCUT2D eigenvalue weighted by Crippen LogP contribution is 2.51. The molecule has 1 unspecified atom stereocenters. The topological polar surface area (TPSA) is 44.0 Å². The number of aliphatic hydroxyl groups is 1. The third-order valence-electron chi connectivity index (χ3n) is 4.75. The molecule has 1 fully saturated rings. The quantitative estimate of drug-likeness (QED) is 0.851. The van der Waals surface area contributed by atoms with Crippen molar-refractivity contribution in [1.82, 2.24) is 0 Å². The zero-order valence-corrected chi connectivity index (χ0v) is 13.2. The Labute approximate surface area is 126 Å². The fraction of sp³-hybridized carbons (Fsp3) is 0.588. The van der Waals surface area contributed by atoms with E-state index < -0.39 is 11.5 Å². The van der Waals surface area contributed by atoms with Gasteiger partial charge in [0, 0.05) is 5.02 Å².